The molecule has 1 rings (SSSR count). The lowest BCUT2D eigenvalue weighted by atomic mass is 10.0. The van der Waals surface area contributed by atoms with E-state index >= 15 is 0 Å². The molecule has 0 aliphatic carbocycles. The summed E-state index contributed by atoms with van der Waals surface area (Å²) in [6.45, 7) is 2.79. The van der Waals surface area contributed by atoms with Crippen LogP contribution in [-0.4, -0.2) is 17.7 Å². The minimum atomic E-state index is -0.299. The van der Waals surface area contributed by atoms with Gasteiger partial charge in [0, 0.05) is 6.08 Å². The molecule has 0 radical (unpaired) electrons. The molecule has 0 amide bonds. The van der Waals surface area contributed by atoms with Crippen LogP contribution in [0, 0.1) is 0 Å². The van der Waals surface area contributed by atoms with Crippen molar-refractivity contribution in [3.63, 3.8) is 0 Å². The summed E-state index contributed by atoms with van der Waals surface area (Å²) in [5, 5.41) is 9.26. The van der Waals surface area contributed by atoms with Gasteiger partial charge in [-0.05, 0) is 30.2 Å². The number of phenolic OH excluding ortho intramolecular Hbond substituents is 1. The third-order valence-electron chi connectivity index (χ3n) is 7.05. The molecule has 0 spiro atoms. The molecule has 0 aromatic heterocycles. The second-order valence-electron chi connectivity index (χ2n) is 10.5. The maximum atomic E-state index is 11.7. The lowest BCUT2D eigenvalue weighted by Crippen LogP contribution is -2.02. The summed E-state index contributed by atoms with van der Waals surface area (Å²) in [6.07, 6.45) is 33.4. The highest BCUT2D eigenvalue weighted by molar-refractivity contribution is 5.87. The van der Waals surface area contributed by atoms with Gasteiger partial charge in [0.05, 0.1) is 6.61 Å². The third kappa shape index (κ3) is 21.5. The SMILES string of the molecule is CCCCCCCCCCCCCCCCCCCCCCCCOC(=O)/C=C/c1ccc(O)cc1. The van der Waals surface area contributed by atoms with Crippen LogP contribution in [0.2, 0.25) is 0 Å². The Balaban J connectivity index is 1.73. The Morgan fingerprint density at radius 2 is 0.972 bits per heavy atom. The first-order valence-electron chi connectivity index (χ1n) is 15.4. The van der Waals surface area contributed by atoms with Crippen LogP contribution < -0.4 is 0 Å². The van der Waals surface area contributed by atoms with Gasteiger partial charge in [-0.3, -0.25) is 0 Å². The van der Waals surface area contributed by atoms with E-state index in [2.05, 4.69) is 6.92 Å². The van der Waals surface area contributed by atoms with E-state index in [-0.39, 0.29) is 11.7 Å². The Kier molecular flexibility index (Phi) is 22.3. The maximum Gasteiger partial charge on any atom is 0.330 e. The zero-order valence-corrected chi connectivity index (χ0v) is 23.5. The summed E-state index contributed by atoms with van der Waals surface area (Å²) in [4.78, 5) is 11.7. The lowest BCUT2D eigenvalue weighted by molar-refractivity contribution is -0.137. The van der Waals surface area contributed by atoms with Crippen LogP contribution >= 0.6 is 0 Å². The number of carbonyl (C=O) groups is 1. The Morgan fingerprint density at radius 3 is 1.36 bits per heavy atom. The van der Waals surface area contributed by atoms with Gasteiger partial charge in [0.15, 0.2) is 0 Å². The fraction of sp³-hybridized carbons (Fsp3) is 0.727. The number of unbranched alkanes of at least 4 members (excludes halogenated alkanes) is 21. The number of benzene rings is 1. The number of phenols is 1. The van der Waals surface area contributed by atoms with Crippen molar-refractivity contribution in [1.29, 1.82) is 0 Å². The predicted octanol–water partition coefficient (Wildman–Crippen LogP) is 10.6. The van der Waals surface area contributed by atoms with Crippen LogP contribution in [0.15, 0.2) is 30.3 Å². The van der Waals surface area contributed by atoms with E-state index in [4.69, 9.17) is 4.74 Å². The number of rotatable bonds is 25. The number of ether oxygens (including phenoxy) is 1. The lowest BCUT2D eigenvalue weighted by Gasteiger charge is -2.04. The third-order valence-corrected chi connectivity index (χ3v) is 7.05. The van der Waals surface area contributed by atoms with E-state index in [1.54, 1.807) is 30.3 Å². The van der Waals surface area contributed by atoms with Gasteiger partial charge in [-0.15, -0.1) is 0 Å². The van der Waals surface area contributed by atoms with E-state index < -0.39 is 0 Å². The molecule has 0 atom stereocenters. The molecule has 0 saturated carbocycles. The molecule has 36 heavy (non-hydrogen) atoms. The summed E-state index contributed by atoms with van der Waals surface area (Å²) in [7, 11) is 0. The molecule has 1 aromatic carbocycles. The Hall–Kier alpha value is -1.77. The van der Waals surface area contributed by atoms with Crippen molar-refractivity contribution in [2.45, 2.75) is 148 Å². The van der Waals surface area contributed by atoms with Gasteiger partial charge in [0.25, 0.3) is 0 Å². The fourth-order valence-electron chi connectivity index (χ4n) is 4.68. The number of esters is 1. The van der Waals surface area contributed by atoms with Crippen LogP contribution in [-0.2, 0) is 9.53 Å². The second kappa shape index (κ2) is 24.9. The maximum absolute atomic E-state index is 11.7. The summed E-state index contributed by atoms with van der Waals surface area (Å²) >= 11 is 0. The molecule has 1 aromatic rings. The van der Waals surface area contributed by atoms with Crippen LogP contribution in [0.4, 0.5) is 0 Å². The molecule has 0 aliphatic rings. The molecule has 0 unspecified atom stereocenters. The number of hydrogen-bond donors (Lipinski definition) is 1. The van der Waals surface area contributed by atoms with E-state index in [0.717, 1.165) is 18.4 Å². The van der Waals surface area contributed by atoms with E-state index in [9.17, 15) is 9.90 Å². The molecule has 3 heteroatoms. The molecular formula is C33H56O3. The normalized spacial score (nSPS) is 11.4. The summed E-state index contributed by atoms with van der Waals surface area (Å²) < 4.78 is 5.26. The fourth-order valence-corrected chi connectivity index (χ4v) is 4.68. The summed E-state index contributed by atoms with van der Waals surface area (Å²) in [5.74, 6) is -0.0775. The van der Waals surface area contributed by atoms with Gasteiger partial charge in [-0.1, -0.05) is 154 Å². The van der Waals surface area contributed by atoms with Gasteiger partial charge in [0.1, 0.15) is 5.75 Å². The topological polar surface area (TPSA) is 46.5 Å². The molecule has 0 fully saturated rings. The number of carbonyl (C=O) groups excluding carboxylic acids is 1. The number of aromatic hydroxyl groups is 1. The van der Waals surface area contributed by atoms with Crippen molar-refractivity contribution in [3.8, 4) is 5.75 Å². The van der Waals surface area contributed by atoms with Crippen LogP contribution in [0.3, 0.4) is 0 Å². The minimum Gasteiger partial charge on any atom is -0.508 e. The molecule has 1 N–H and O–H groups in total. The molecule has 206 valence electrons. The highest BCUT2D eigenvalue weighted by Gasteiger charge is 1.99. The highest BCUT2D eigenvalue weighted by Crippen LogP contribution is 2.15. The first kappa shape index (κ1) is 32.3. The van der Waals surface area contributed by atoms with Gasteiger partial charge < -0.3 is 9.84 Å². The molecular weight excluding hydrogens is 444 g/mol. The van der Waals surface area contributed by atoms with E-state index in [0.29, 0.717) is 6.61 Å². The second-order valence-corrected chi connectivity index (χ2v) is 10.5. The smallest absolute Gasteiger partial charge is 0.330 e. The summed E-state index contributed by atoms with van der Waals surface area (Å²) in [5.41, 5.74) is 0.870. The number of hydrogen-bond acceptors (Lipinski definition) is 3. The molecule has 0 saturated heterocycles. The first-order chi connectivity index (χ1) is 17.7. The monoisotopic (exact) mass is 500 g/mol. The highest BCUT2D eigenvalue weighted by atomic mass is 16.5. The molecule has 0 aliphatic heterocycles. The zero-order valence-electron chi connectivity index (χ0n) is 23.5. The predicted molar refractivity (Wildman–Crippen MR) is 155 cm³/mol. The average molecular weight is 501 g/mol. The van der Waals surface area contributed by atoms with Gasteiger partial charge in [0.2, 0.25) is 0 Å². The van der Waals surface area contributed by atoms with Crippen LogP contribution in [0.25, 0.3) is 6.08 Å². The minimum absolute atomic E-state index is 0.222. The quantitative estimate of drug-likeness (QED) is 0.0825. The van der Waals surface area contributed by atoms with Crippen LogP contribution in [0.1, 0.15) is 154 Å². The summed E-state index contributed by atoms with van der Waals surface area (Å²) in [6, 6.07) is 6.73. The zero-order chi connectivity index (χ0) is 25.9. The Labute approximate surface area is 223 Å². The van der Waals surface area contributed by atoms with Crippen molar-refractivity contribution in [1.82, 2.24) is 0 Å². The van der Waals surface area contributed by atoms with Gasteiger partial charge >= 0.3 is 5.97 Å². The van der Waals surface area contributed by atoms with E-state index in [1.165, 1.54) is 134 Å². The van der Waals surface area contributed by atoms with Gasteiger partial charge in [-0.2, -0.15) is 0 Å². The van der Waals surface area contributed by atoms with Crippen molar-refractivity contribution < 1.29 is 14.6 Å². The van der Waals surface area contributed by atoms with Crippen LogP contribution in [0.5, 0.6) is 5.75 Å². The van der Waals surface area contributed by atoms with E-state index in [1.807, 2.05) is 0 Å². The van der Waals surface area contributed by atoms with Crippen molar-refractivity contribution in [2.24, 2.45) is 0 Å². The Bertz CT molecular complexity index is 635. The van der Waals surface area contributed by atoms with Gasteiger partial charge in [-0.25, -0.2) is 4.79 Å². The standard InChI is InChI=1S/C33H56O3/c1-2-3-4-5-6-7-8-9-10-11-12-13-14-15-16-17-18-19-20-21-22-23-30-36-33(35)29-26-31-24-27-32(34)28-25-31/h24-29,34H,2-23,30H2,1H3/b29-26+. The van der Waals surface area contributed by atoms with Crippen molar-refractivity contribution in [3.05, 3.63) is 35.9 Å². The molecule has 0 heterocycles. The largest absolute Gasteiger partial charge is 0.508 e. The Morgan fingerprint density at radius 1 is 0.611 bits per heavy atom. The van der Waals surface area contributed by atoms with Crippen molar-refractivity contribution in [2.75, 3.05) is 6.61 Å². The average Bonchev–Trinajstić information content (AvgIpc) is 2.88. The molecule has 3 nitrogen and oxygen atoms in total. The van der Waals surface area contributed by atoms with Crippen molar-refractivity contribution >= 4 is 12.0 Å². The first-order valence-corrected chi connectivity index (χ1v) is 15.4. The molecule has 0 bridgehead atoms.